The molecule has 0 spiro atoms. The number of carbonyl (C=O) groups is 2. The Kier molecular flexibility index (Phi) is 5.67. The molecule has 1 heterocycles. The average molecular weight is 278 g/mol. The summed E-state index contributed by atoms with van der Waals surface area (Å²) in [7, 11) is 0. The van der Waals surface area contributed by atoms with Gasteiger partial charge in [-0.3, -0.25) is 14.6 Å². The minimum absolute atomic E-state index is 0.0254. The highest BCUT2D eigenvalue weighted by molar-refractivity contribution is 5.78. The number of hydrogen-bond donors (Lipinski definition) is 1. The van der Waals surface area contributed by atoms with Crippen molar-refractivity contribution in [2.75, 3.05) is 6.54 Å². The number of pyridine rings is 1. The van der Waals surface area contributed by atoms with Crippen molar-refractivity contribution in [3.05, 3.63) is 30.1 Å². The van der Waals surface area contributed by atoms with Crippen molar-refractivity contribution >= 4 is 11.9 Å². The summed E-state index contributed by atoms with van der Waals surface area (Å²) in [6.45, 7) is 5.98. The molecule has 0 aromatic carbocycles. The zero-order valence-corrected chi connectivity index (χ0v) is 12.3. The number of aromatic nitrogens is 1. The van der Waals surface area contributed by atoms with Crippen molar-refractivity contribution in [1.82, 2.24) is 9.88 Å². The van der Waals surface area contributed by atoms with Gasteiger partial charge in [-0.25, -0.2) is 0 Å². The molecule has 5 heteroatoms. The third-order valence-electron chi connectivity index (χ3n) is 3.01. The van der Waals surface area contributed by atoms with Crippen LogP contribution < -0.4 is 0 Å². The summed E-state index contributed by atoms with van der Waals surface area (Å²) in [6.07, 6.45) is 4.39. The first-order valence-corrected chi connectivity index (χ1v) is 6.72. The van der Waals surface area contributed by atoms with E-state index in [0.717, 1.165) is 5.56 Å². The largest absolute Gasteiger partial charge is 0.481 e. The first-order valence-electron chi connectivity index (χ1n) is 6.72. The summed E-state index contributed by atoms with van der Waals surface area (Å²) in [5.41, 5.74) is 0.634. The van der Waals surface area contributed by atoms with E-state index in [1.807, 2.05) is 32.9 Å². The lowest BCUT2D eigenvalue weighted by Gasteiger charge is -2.35. The summed E-state index contributed by atoms with van der Waals surface area (Å²) in [5.74, 6) is -0.915. The van der Waals surface area contributed by atoms with E-state index in [1.54, 1.807) is 17.3 Å². The van der Waals surface area contributed by atoms with E-state index < -0.39 is 5.97 Å². The lowest BCUT2D eigenvalue weighted by atomic mass is 10.0. The quantitative estimate of drug-likeness (QED) is 0.865. The van der Waals surface area contributed by atoms with Crippen molar-refractivity contribution in [3.63, 3.8) is 0 Å². The highest BCUT2D eigenvalue weighted by Gasteiger charge is 2.26. The van der Waals surface area contributed by atoms with Crippen molar-refractivity contribution in [2.24, 2.45) is 0 Å². The fraction of sp³-hybridized carbons (Fsp3) is 0.533. The van der Waals surface area contributed by atoms with Crippen LogP contribution in [0.2, 0.25) is 0 Å². The SMILES string of the molecule is CC(C)(C)N(CCC(=O)O)C(=O)CCc1cccnc1. The number of carboxylic acid groups (broad SMARTS) is 1. The zero-order valence-electron chi connectivity index (χ0n) is 12.3. The number of hydrogen-bond acceptors (Lipinski definition) is 3. The number of aryl methyl sites for hydroxylation is 1. The fourth-order valence-electron chi connectivity index (χ4n) is 1.97. The van der Waals surface area contributed by atoms with Gasteiger partial charge in [0.2, 0.25) is 5.91 Å². The first-order chi connectivity index (χ1) is 9.30. The maximum Gasteiger partial charge on any atom is 0.305 e. The van der Waals surface area contributed by atoms with Crippen LogP contribution in [0.5, 0.6) is 0 Å². The van der Waals surface area contributed by atoms with E-state index in [4.69, 9.17) is 5.11 Å². The molecule has 1 aromatic rings. The number of amides is 1. The Labute approximate surface area is 119 Å². The first kappa shape index (κ1) is 16.1. The molecule has 1 amide bonds. The van der Waals surface area contributed by atoms with E-state index in [1.165, 1.54) is 0 Å². The summed E-state index contributed by atoms with van der Waals surface area (Å²) < 4.78 is 0. The van der Waals surface area contributed by atoms with E-state index in [2.05, 4.69) is 4.98 Å². The molecule has 0 aliphatic carbocycles. The van der Waals surface area contributed by atoms with E-state index in [9.17, 15) is 9.59 Å². The molecule has 110 valence electrons. The highest BCUT2D eigenvalue weighted by Crippen LogP contribution is 2.16. The Bertz CT molecular complexity index is 452. The van der Waals surface area contributed by atoms with Gasteiger partial charge in [-0.05, 0) is 38.8 Å². The molecule has 20 heavy (non-hydrogen) atoms. The Balaban J connectivity index is 2.61. The lowest BCUT2D eigenvalue weighted by Crippen LogP contribution is -2.46. The second-order valence-corrected chi connectivity index (χ2v) is 5.72. The molecule has 5 nitrogen and oxygen atoms in total. The van der Waals surface area contributed by atoms with Gasteiger partial charge in [0.25, 0.3) is 0 Å². The molecule has 0 aliphatic rings. The van der Waals surface area contributed by atoms with E-state index >= 15 is 0 Å². The molecule has 0 atom stereocenters. The van der Waals surface area contributed by atoms with Gasteiger partial charge in [-0.15, -0.1) is 0 Å². The Morgan fingerprint density at radius 2 is 2.00 bits per heavy atom. The maximum absolute atomic E-state index is 12.3. The van der Waals surface area contributed by atoms with Gasteiger partial charge in [0.15, 0.2) is 0 Å². The van der Waals surface area contributed by atoms with Crippen LogP contribution in [0.15, 0.2) is 24.5 Å². The molecule has 0 unspecified atom stereocenters. The normalized spacial score (nSPS) is 11.2. The average Bonchev–Trinajstić information content (AvgIpc) is 2.35. The molecule has 0 radical (unpaired) electrons. The summed E-state index contributed by atoms with van der Waals surface area (Å²) in [5, 5.41) is 8.77. The smallest absolute Gasteiger partial charge is 0.305 e. The van der Waals surface area contributed by atoms with Crippen LogP contribution in [-0.4, -0.2) is 39.0 Å². The molecule has 0 saturated heterocycles. The maximum atomic E-state index is 12.3. The summed E-state index contributed by atoms with van der Waals surface area (Å²) >= 11 is 0. The van der Waals surface area contributed by atoms with Crippen molar-refractivity contribution in [3.8, 4) is 0 Å². The monoisotopic (exact) mass is 278 g/mol. The minimum atomic E-state index is -0.890. The second kappa shape index (κ2) is 7.03. The molecule has 0 fully saturated rings. The number of carbonyl (C=O) groups excluding carboxylic acids is 1. The number of carboxylic acids is 1. The van der Waals surface area contributed by atoms with Crippen LogP contribution in [-0.2, 0) is 16.0 Å². The molecular weight excluding hydrogens is 256 g/mol. The lowest BCUT2D eigenvalue weighted by molar-refractivity contribution is -0.140. The summed E-state index contributed by atoms with van der Waals surface area (Å²) in [4.78, 5) is 28.6. The van der Waals surface area contributed by atoms with Crippen molar-refractivity contribution < 1.29 is 14.7 Å². The van der Waals surface area contributed by atoms with Crippen LogP contribution in [0.1, 0.15) is 39.2 Å². The number of nitrogens with zero attached hydrogens (tertiary/aromatic N) is 2. The van der Waals surface area contributed by atoms with Gasteiger partial charge in [0.1, 0.15) is 0 Å². The third-order valence-corrected chi connectivity index (χ3v) is 3.01. The van der Waals surface area contributed by atoms with E-state index in [0.29, 0.717) is 12.8 Å². The minimum Gasteiger partial charge on any atom is -0.481 e. The van der Waals surface area contributed by atoms with Gasteiger partial charge < -0.3 is 10.0 Å². The molecule has 0 aliphatic heterocycles. The Hall–Kier alpha value is -1.91. The van der Waals surface area contributed by atoms with Crippen LogP contribution in [0.3, 0.4) is 0 Å². The zero-order chi connectivity index (χ0) is 15.2. The summed E-state index contributed by atoms with van der Waals surface area (Å²) in [6, 6.07) is 3.77. The Morgan fingerprint density at radius 1 is 1.30 bits per heavy atom. The second-order valence-electron chi connectivity index (χ2n) is 5.72. The molecule has 0 bridgehead atoms. The molecule has 1 N–H and O–H groups in total. The van der Waals surface area contributed by atoms with Gasteiger partial charge in [-0.1, -0.05) is 6.07 Å². The van der Waals surface area contributed by atoms with Crippen LogP contribution >= 0.6 is 0 Å². The molecular formula is C15H22N2O3. The van der Waals surface area contributed by atoms with E-state index in [-0.39, 0.29) is 24.4 Å². The van der Waals surface area contributed by atoms with Gasteiger partial charge >= 0.3 is 5.97 Å². The molecule has 0 saturated carbocycles. The van der Waals surface area contributed by atoms with Crippen LogP contribution in [0, 0.1) is 0 Å². The van der Waals surface area contributed by atoms with Gasteiger partial charge in [0, 0.05) is 30.9 Å². The number of aliphatic carboxylic acids is 1. The molecule has 1 rings (SSSR count). The van der Waals surface area contributed by atoms with Gasteiger partial charge in [-0.2, -0.15) is 0 Å². The standard InChI is InChI=1S/C15H22N2O3/c1-15(2,3)17(10-8-14(19)20)13(18)7-6-12-5-4-9-16-11-12/h4-5,9,11H,6-8,10H2,1-3H3,(H,19,20). The van der Waals surface area contributed by atoms with Crippen LogP contribution in [0.4, 0.5) is 0 Å². The van der Waals surface area contributed by atoms with Gasteiger partial charge in [0.05, 0.1) is 6.42 Å². The molecule has 1 aromatic heterocycles. The Morgan fingerprint density at radius 3 is 2.50 bits per heavy atom. The predicted octanol–water partition coefficient (Wildman–Crippen LogP) is 2.12. The van der Waals surface area contributed by atoms with Crippen molar-refractivity contribution in [2.45, 2.75) is 45.6 Å². The van der Waals surface area contributed by atoms with Crippen molar-refractivity contribution in [1.29, 1.82) is 0 Å². The van der Waals surface area contributed by atoms with Crippen LogP contribution in [0.25, 0.3) is 0 Å². The fourth-order valence-corrected chi connectivity index (χ4v) is 1.97. The highest BCUT2D eigenvalue weighted by atomic mass is 16.4. The predicted molar refractivity (Wildman–Crippen MR) is 76.3 cm³/mol. The topological polar surface area (TPSA) is 70.5 Å². The number of rotatable bonds is 6. The third kappa shape index (κ3) is 5.38.